The van der Waals surface area contributed by atoms with Crippen molar-refractivity contribution in [3.63, 3.8) is 0 Å². The number of anilines is 1. The molecule has 2 N–H and O–H groups in total. The summed E-state index contributed by atoms with van der Waals surface area (Å²) in [6.07, 6.45) is 2.86. The number of hydrogen-bond acceptors (Lipinski definition) is 5. The zero-order valence-electron chi connectivity index (χ0n) is 11.1. The Morgan fingerprint density at radius 2 is 2.20 bits per heavy atom. The highest BCUT2D eigenvalue weighted by atomic mass is 32.1. The Morgan fingerprint density at radius 1 is 1.45 bits per heavy atom. The maximum Gasteiger partial charge on any atom is 0.338 e. The minimum Gasteiger partial charge on any atom is -0.478 e. The molecule has 7 nitrogen and oxygen atoms in total. The van der Waals surface area contributed by atoms with Crippen molar-refractivity contribution in [3.05, 3.63) is 28.5 Å². The molecule has 0 fully saturated rings. The highest BCUT2D eigenvalue weighted by Crippen LogP contribution is 2.21. The maximum atomic E-state index is 11.7. The van der Waals surface area contributed by atoms with Crippen LogP contribution in [-0.4, -0.2) is 31.7 Å². The predicted molar refractivity (Wildman–Crippen MR) is 74.0 cm³/mol. The minimum absolute atomic E-state index is 0.108. The molecule has 0 aliphatic rings. The number of carboxylic acid groups (broad SMARTS) is 1. The van der Waals surface area contributed by atoms with Crippen molar-refractivity contribution >= 4 is 28.3 Å². The maximum absolute atomic E-state index is 11.7. The van der Waals surface area contributed by atoms with E-state index < -0.39 is 5.97 Å². The zero-order valence-corrected chi connectivity index (χ0v) is 11.9. The topological polar surface area (TPSA) is 97.1 Å². The summed E-state index contributed by atoms with van der Waals surface area (Å²) in [6, 6.07) is 0. The van der Waals surface area contributed by atoms with Gasteiger partial charge in [0.2, 0.25) is 5.91 Å². The number of thiazole rings is 1. The molecule has 106 valence electrons. The normalized spacial score (nSPS) is 10.5. The van der Waals surface area contributed by atoms with Gasteiger partial charge in [0.05, 0.1) is 17.5 Å². The summed E-state index contributed by atoms with van der Waals surface area (Å²) in [5.74, 6) is -1.21. The molecule has 8 heteroatoms. The summed E-state index contributed by atoms with van der Waals surface area (Å²) in [7, 11) is 0. The number of rotatable bonds is 5. The van der Waals surface area contributed by atoms with Crippen LogP contribution in [0.3, 0.4) is 0 Å². The minimum atomic E-state index is -1.03. The highest BCUT2D eigenvalue weighted by Gasteiger charge is 2.10. The third-order valence-electron chi connectivity index (χ3n) is 2.72. The number of carbonyl (C=O) groups excluding carboxylic acids is 1. The van der Waals surface area contributed by atoms with Gasteiger partial charge in [-0.3, -0.25) is 9.48 Å². The number of amides is 1. The van der Waals surface area contributed by atoms with Crippen LogP contribution in [0.4, 0.5) is 5.13 Å². The van der Waals surface area contributed by atoms with E-state index in [1.54, 1.807) is 0 Å². The molecule has 20 heavy (non-hydrogen) atoms. The average Bonchev–Trinajstić information content (AvgIpc) is 2.95. The number of aryl methyl sites for hydroxylation is 3. The van der Waals surface area contributed by atoms with E-state index in [-0.39, 0.29) is 17.9 Å². The third kappa shape index (κ3) is 3.41. The van der Waals surface area contributed by atoms with Gasteiger partial charge < -0.3 is 10.4 Å². The first kappa shape index (κ1) is 14.2. The van der Waals surface area contributed by atoms with Crippen LogP contribution in [0.2, 0.25) is 0 Å². The van der Waals surface area contributed by atoms with Crippen LogP contribution < -0.4 is 5.32 Å². The lowest BCUT2D eigenvalue weighted by atomic mass is 10.4. The second-order valence-electron chi connectivity index (χ2n) is 4.26. The lowest BCUT2D eigenvalue weighted by molar-refractivity contribution is -0.116. The molecule has 0 bridgehead atoms. The summed E-state index contributed by atoms with van der Waals surface area (Å²) >= 11 is 1.43. The van der Waals surface area contributed by atoms with E-state index in [1.165, 1.54) is 28.4 Å². The summed E-state index contributed by atoms with van der Waals surface area (Å²) in [6.45, 7) is 4.15. The summed E-state index contributed by atoms with van der Waals surface area (Å²) in [5.41, 5.74) is 1.01. The van der Waals surface area contributed by atoms with Crippen molar-refractivity contribution in [1.29, 1.82) is 0 Å². The first-order valence-electron chi connectivity index (χ1n) is 5.95. The Labute approximate surface area is 119 Å². The summed E-state index contributed by atoms with van der Waals surface area (Å²) in [5, 5.41) is 15.9. The predicted octanol–water partition coefficient (Wildman–Crippen LogP) is 1.68. The van der Waals surface area contributed by atoms with E-state index in [4.69, 9.17) is 5.11 Å². The standard InChI is InChI=1S/C12H14N4O3S/c1-7-8(2)20-12(14-7)15-10(17)3-4-16-6-9(5-13-16)11(18)19/h5-6H,3-4H2,1-2H3,(H,18,19)(H,14,15,17). The van der Waals surface area contributed by atoms with Crippen LogP contribution in [0.1, 0.15) is 27.3 Å². The Kier molecular flexibility index (Phi) is 4.14. The highest BCUT2D eigenvalue weighted by molar-refractivity contribution is 7.15. The van der Waals surface area contributed by atoms with Gasteiger partial charge in [-0.05, 0) is 13.8 Å². The van der Waals surface area contributed by atoms with E-state index in [0.717, 1.165) is 10.6 Å². The van der Waals surface area contributed by atoms with Crippen LogP contribution in [0.15, 0.2) is 12.4 Å². The molecule has 1 amide bonds. The smallest absolute Gasteiger partial charge is 0.338 e. The molecule has 0 radical (unpaired) electrons. The molecule has 2 heterocycles. The molecule has 0 saturated carbocycles. The molecule has 2 rings (SSSR count). The van der Waals surface area contributed by atoms with Crippen molar-refractivity contribution in [1.82, 2.24) is 14.8 Å². The quantitative estimate of drug-likeness (QED) is 0.874. The van der Waals surface area contributed by atoms with Gasteiger partial charge in [0, 0.05) is 24.0 Å². The van der Waals surface area contributed by atoms with Crippen molar-refractivity contribution < 1.29 is 14.7 Å². The summed E-state index contributed by atoms with van der Waals surface area (Å²) in [4.78, 5) is 27.7. The molecule has 0 unspecified atom stereocenters. The van der Waals surface area contributed by atoms with Gasteiger partial charge in [0.1, 0.15) is 0 Å². The van der Waals surface area contributed by atoms with E-state index >= 15 is 0 Å². The number of aromatic carboxylic acids is 1. The molecule has 0 aliphatic carbocycles. The molecule has 0 aromatic carbocycles. The van der Waals surface area contributed by atoms with Crippen LogP contribution in [-0.2, 0) is 11.3 Å². The fourth-order valence-electron chi connectivity index (χ4n) is 1.52. The molecule has 0 saturated heterocycles. The van der Waals surface area contributed by atoms with E-state index in [9.17, 15) is 9.59 Å². The fraction of sp³-hybridized carbons (Fsp3) is 0.333. The lowest BCUT2D eigenvalue weighted by Gasteiger charge is -2.01. The van der Waals surface area contributed by atoms with Gasteiger partial charge in [-0.25, -0.2) is 9.78 Å². The van der Waals surface area contributed by atoms with Gasteiger partial charge in [0.15, 0.2) is 5.13 Å². The monoisotopic (exact) mass is 294 g/mol. The average molecular weight is 294 g/mol. The number of carboxylic acids is 1. The van der Waals surface area contributed by atoms with Gasteiger partial charge >= 0.3 is 5.97 Å². The largest absolute Gasteiger partial charge is 0.478 e. The van der Waals surface area contributed by atoms with Crippen molar-refractivity contribution in [3.8, 4) is 0 Å². The molecule has 0 spiro atoms. The van der Waals surface area contributed by atoms with Gasteiger partial charge in [0.25, 0.3) is 0 Å². The SMILES string of the molecule is Cc1nc(NC(=O)CCn2cc(C(=O)O)cn2)sc1C. The fourth-order valence-corrected chi connectivity index (χ4v) is 2.35. The van der Waals surface area contributed by atoms with E-state index in [1.807, 2.05) is 13.8 Å². The Bertz CT molecular complexity index is 627. The van der Waals surface area contributed by atoms with Crippen LogP contribution in [0, 0.1) is 13.8 Å². The Morgan fingerprint density at radius 3 is 2.75 bits per heavy atom. The van der Waals surface area contributed by atoms with E-state index in [0.29, 0.717) is 11.7 Å². The van der Waals surface area contributed by atoms with Crippen LogP contribution >= 0.6 is 11.3 Å². The number of aromatic nitrogens is 3. The van der Waals surface area contributed by atoms with Crippen molar-refractivity contribution in [2.75, 3.05) is 5.32 Å². The van der Waals surface area contributed by atoms with Gasteiger partial charge in [-0.1, -0.05) is 0 Å². The number of nitrogens with one attached hydrogen (secondary N) is 1. The van der Waals surface area contributed by atoms with Crippen LogP contribution in [0.25, 0.3) is 0 Å². The van der Waals surface area contributed by atoms with Gasteiger partial charge in [-0.15, -0.1) is 11.3 Å². The molecule has 2 aromatic heterocycles. The second-order valence-corrected chi connectivity index (χ2v) is 5.46. The first-order valence-corrected chi connectivity index (χ1v) is 6.77. The zero-order chi connectivity index (χ0) is 14.7. The Hall–Kier alpha value is -2.22. The number of nitrogens with zero attached hydrogens (tertiary/aromatic N) is 3. The van der Waals surface area contributed by atoms with Crippen molar-refractivity contribution in [2.24, 2.45) is 0 Å². The number of carbonyl (C=O) groups is 2. The molecule has 0 atom stereocenters. The molecular formula is C12H14N4O3S. The molecular weight excluding hydrogens is 280 g/mol. The molecule has 0 aliphatic heterocycles. The lowest BCUT2D eigenvalue weighted by Crippen LogP contribution is -2.14. The third-order valence-corrected chi connectivity index (χ3v) is 3.71. The number of hydrogen-bond donors (Lipinski definition) is 2. The summed E-state index contributed by atoms with van der Waals surface area (Å²) < 4.78 is 1.43. The molecule has 2 aromatic rings. The van der Waals surface area contributed by atoms with Crippen molar-refractivity contribution in [2.45, 2.75) is 26.8 Å². The van der Waals surface area contributed by atoms with E-state index in [2.05, 4.69) is 15.4 Å². The van der Waals surface area contributed by atoms with Gasteiger partial charge in [-0.2, -0.15) is 5.10 Å². The van der Waals surface area contributed by atoms with Crippen LogP contribution in [0.5, 0.6) is 0 Å². The second kappa shape index (κ2) is 5.83. The first-order chi connectivity index (χ1) is 9.45. The Balaban J connectivity index is 1.87.